The van der Waals surface area contributed by atoms with E-state index in [4.69, 9.17) is 4.74 Å². The van der Waals surface area contributed by atoms with Crippen LogP contribution < -0.4 is 5.32 Å². The lowest BCUT2D eigenvalue weighted by Gasteiger charge is -2.10. The average molecular weight is 325 g/mol. The molecule has 0 aromatic heterocycles. The average Bonchev–Trinajstić information content (AvgIpc) is 3.40. The van der Waals surface area contributed by atoms with Crippen LogP contribution in [0.15, 0.2) is 42.5 Å². The van der Waals surface area contributed by atoms with Crippen molar-refractivity contribution < 1.29 is 14.6 Å². The van der Waals surface area contributed by atoms with Crippen LogP contribution in [0, 0.1) is 5.92 Å². The molecule has 1 amide bonds. The van der Waals surface area contributed by atoms with Gasteiger partial charge in [0.15, 0.2) is 0 Å². The monoisotopic (exact) mass is 325 g/mol. The highest BCUT2D eigenvalue weighted by Crippen LogP contribution is 2.29. The number of carbonyl (C=O) groups excluding carboxylic acids is 1. The number of aromatic hydroxyl groups is 1. The van der Waals surface area contributed by atoms with Crippen LogP contribution >= 0.6 is 0 Å². The van der Waals surface area contributed by atoms with Gasteiger partial charge in [-0.2, -0.15) is 0 Å². The van der Waals surface area contributed by atoms with E-state index in [-0.39, 0.29) is 11.7 Å². The molecule has 2 aromatic rings. The van der Waals surface area contributed by atoms with Crippen LogP contribution in [0.3, 0.4) is 0 Å². The summed E-state index contributed by atoms with van der Waals surface area (Å²) in [6, 6.07) is 12.7. The van der Waals surface area contributed by atoms with E-state index in [1.807, 2.05) is 37.3 Å². The maximum atomic E-state index is 12.4. The van der Waals surface area contributed by atoms with Crippen molar-refractivity contribution in [2.24, 2.45) is 5.92 Å². The summed E-state index contributed by atoms with van der Waals surface area (Å²) in [5, 5.41) is 12.8. The number of aryl methyl sites for hydroxylation is 1. The molecule has 1 fully saturated rings. The Bertz CT molecular complexity index is 723. The van der Waals surface area contributed by atoms with E-state index in [0.717, 1.165) is 30.1 Å². The summed E-state index contributed by atoms with van der Waals surface area (Å²) in [6.45, 7) is 3.38. The predicted molar refractivity (Wildman–Crippen MR) is 94.3 cm³/mol. The van der Waals surface area contributed by atoms with Gasteiger partial charge in [0, 0.05) is 12.3 Å². The Morgan fingerprint density at radius 2 is 2.04 bits per heavy atom. The molecule has 0 aliphatic heterocycles. The van der Waals surface area contributed by atoms with Crippen molar-refractivity contribution in [2.75, 3.05) is 11.9 Å². The van der Waals surface area contributed by atoms with E-state index < -0.39 is 0 Å². The van der Waals surface area contributed by atoms with Crippen LogP contribution in [0.5, 0.6) is 5.75 Å². The number of ether oxygens (including phenoxy) is 1. The Kier molecular flexibility index (Phi) is 5.16. The molecule has 1 saturated carbocycles. The van der Waals surface area contributed by atoms with Gasteiger partial charge >= 0.3 is 0 Å². The topological polar surface area (TPSA) is 58.6 Å². The third-order valence-electron chi connectivity index (χ3n) is 4.22. The quantitative estimate of drug-likeness (QED) is 0.804. The number of nitrogens with one attached hydrogen (secondary N) is 1. The first-order valence-corrected chi connectivity index (χ1v) is 8.45. The fraction of sp³-hybridized carbons (Fsp3) is 0.350. The summed E-state index contributed by atoms with van der Waals surface area (Å²) in [5.74, 6) is 0.425. The molecule has 0 spiro atoms. The van der Waals surface area contributed by atoms with Gasteiger partial charge in [0.1, 0.15) is 5.75 Å². The minimum atomic E-state index is -0.307. The summed E-state index contributed by atoms with van der Waals surface area (Å²) >= 11 is 0. The summed E-state index contributed by atoms with van der Waals surface area (Å²) in [5.41, 5.74) is 3.04. The second kappa shape index (κ2) is 7.49. The lowest BCUT2D eigenvalue weighted by Crippen LogP contribution is -2.12. The van der Waals surface area contributed by atoms with E-state index in [9.17, 15) is 9.90 Å². The zero-order valence-electron chi connectivity index (χ0n) is 13.9. The van der Waals surface area contributed by atoms with E-state index in [0.29, 0.717) is 17.9 Å². The first-order chi connectivity index (χ1) is 11.7. The molecule has 0 saturated heterocycles. The first-order valence-electron chi connectivity index (χ1n) is 8.45. The number of hydrogen-bond acceptors (Lipinski definition) is 3. The van der Waals surface area contributed by atoms with Crippen LogP contribution in [0.25, 0.3) is 0 Å². The van der Waals surface area contributed by atoms with Crippen LogP contribution in [-0.4, -0.2) is 17.6 Å². The van der Waals surface area contributed by atoms with Crippen molar-refractivity contribution in [1.82, 2.24) is 0 Å². The summed E-state index contributed by atoms with van der Waals surface area (Å²) in [7, 11) is 0. The largest absolute Gasteiger partial charge is 0.507 e. The summed E-state index contributed by atoms with van der Waals surface area (Å²) in [6.07, 6.45) is 3.36. The van der Waals surface area contributed by atoms with Gasteiger partial charge in [-0.3, -0.25) is 4.79 Å². The molecule has 4 heteroatoms. The minimum absolute atomic E-state index is 0.00591. The second-order valence-electron chi connectivity index (χ2n) is 6.32. The maximum absolute atomic E-state index is 12.4. The van der Waals surface area contributed by atoms with Crippen LogP contribution in [0.4, 0.5) is 5.69 Å². The fourth-order valence-corrected chi connectivity index (χ4v) is 2.55. The predicted octanol–water partition coefficient (Wildman–Crippen LogP) is 4.13. The van der Waals surface area contributed by atoms with Crippen LogP contribution in [0.2, 0.25) is 0 Å². The molecule has 2 N–H and O–H groups in total. The molecule has 1 aliphatic rings. The number of amides is 1. The van der Waals surface area contributed by atoms with Crippen molar-refractivity contribution in [2.45, 2.75) is 32.8 Å². The highest BCUT2D eigenvalue weighted by molar-refractivity contribution is 6.06. The number of phenolic OH excluding ortho intramolecular Hbond substituents is 1. The number of phenols is 1. The van der Waals surface area contributed by atoms with Crippen molar-refractivity contribution in [3.05, 3.63) is 59.2 Å². The zero-order chi connectivity index (χ0) is 16.9. The van der Waals surface area contributed by atoms with Gasteiger partial charge in [0.2, 0.25) is 0 Å². The smallest absolute Gasteiger partial charge is 0.259 e. The number of benzene rings is 2. The summed E-state index contributed by atoms with van der Waals surface area (Å²) < 4.78 is 5.68. The third-order valence-corrected chi connectivity index (χ3v) is 4.22. The number of anilines is 1. The standard InChI is InChI=1S/C20H23NO3/c1-2-14-8-9-19(22)18(11-14)20(23)21-17-5-3-4-16(10-17)13-24-12-15-6-7-15/h3-5,8-11,15,22H,2,6-7,12-13H2,1H3,(H,21,23). The van der Waals surface area contributed by atoms with Gasteiger partial charge in [-0.1, -0.05) is 25.1 Å². The number of carbonyl (C=O) groups is 1. The van der Waals surface area contributed by atoms with Gasteiger partial charge in [-0.15, -0.1) is 0 Å². The minimum Gasteiger partial charge on any atom is -0.507 e. The Balaban J connectivity index is 1.65. The lowest BCUT2D eigenvalue weighted by atomic mass is 10.1. The van der Waals surface area contributed by atoms with Crippen molar-refractivity contribution >= 4 is 11.6 Å². The Hall–Kier alpha value is -2.33. The molecule has 2 aromatic carbocycles. The van der Waals surface area contributed by atoms with E-state index in [1.54, 1.807) is 12.1 Å². The molecule has 0 atom stereocenters. The third kappa shape index (κ3) is 4.36. The van der Waals surface area contributed by atoms with E-state index in [1.165, 1.54) is 12.8 Å². The zero-order valence-corrected chi connectivity index (χ0v) is 13.9. The first kappa shape index (κ1) is 16.5. The van der Waals surface area contributed by atoms with Crippen LogP contribution in [0.1, 0.15) is 41.3 Å². The molecule has 0 bridgehead atoms. The van der Waals surface area contributed by atoms with Gasteiger partial charge < -0.3 is 15.2 Å². The van der Waals surface area contributed by atoms with Gasteiger partial charge in [-0.05, 0) is 60.6 Å². The molecule has 0 radical (unpaired) electrons. The van der Waals surface area contributed by atoms with E-state index in [2.05, 4.69) is 5.32 Å². The molecule has 0 heterocycles. The van der Waals surface area contributed by atoms with Gasteiger partial charge in [0.05, 0.1) is 12.2 Å². The van der Waals surface area contributed by atoms with Crippen molar-refractivity contribution in [1.29, 1.82) is 0 Å². The molecule has 4 nitrogen and oxygen atoms in total. The Morgan fingerprint density at radius 3 is 2.79 bits per heavy atom. The Labute approximate surface area is 142 Å². The van der Waals surface area contributed by atoms with Gasteiger partial charge in [-0.25, -0.2) is 0 Å². The fourth-order valence-electron chi connectivity index (χ4n) is 2.55. The number of rotatable bonds is 7. The lowest BCUT2D eigenvalue weighted by molar-refractivity contribution is 0.102. The van der Waals surface area contributed by atoms with E-state index >= 15 is 0 Å². The van der Waals surface area contributed by atoms with Crippen LogP contribution in [-0.2, 0) is 17.8 Å². The van der Waals surface area contributed by atoms with Crippen molar-refractivity contribution in [3.8, 4) is 5.75 Å². The molecular weight excluding hydrogens is 302 g/mol. The summed E-state index contributed by atoms with van der Waals surface area (Å²) in [4.78, 5) is 12.4. The molecule has 24 heavy (non-hydrogen) atoms. The molecule has 0 unspecified atom stereocenters. The molecular formula is C20H23NO3. The number of hydrogen-bond donors (Lipinski definition) is 2. The van der Waals surface area contributed by atoms with Crippen molar-refractivity contribution in [3.63, 3.8) is 0 Å². The van der Waals surface area contributed by atoms with Gasteiger partial charge in [0.25, 0.3) is 5.91 Å². The normalized spacial score (nSPS) is 13.7. The maximum Gasteiger partial charge on any atom is 0.259 e. The SMILES string of the molecule is CCc1ccc(O)c(C(=O)Nc2cccc(COCC3CC3)c2)c1. The second-order valence-corrected chi connectivity index (χ2v) is 6.32. The molecule has 1 aliphatic carbocycles. The molecule has 3 rings (SSSR count). The highest BCUT2D eigenvalue weighted by Gasteiger charge is 2.21. The Morgan fingerprint density at radius 1 is 1.21 bits per heavy atom. The highest BCUT2D eigenvalue weighted by atomic mass is 16.5. The molecule has 126 valence electrons.